The van der Waals surface area contributed by atoms with Gasteiger partial charge < -0.3 is 10.1 Å². The molecular formula is C16H22ClNO. The molecule has 1 aliphatic carbocycles. The summed E-state index contributed by atoms with van der Waals surface area (Å²) in [7, 11) is 0. The molecule has 1 saturated carbocycles. The van der Waals surface area contributed by atoms with Crippen LogP contribution in [0.1, 0.15) is 38.2 Å². The number of benzene rings is 1. The smallest absolute Gasteiger partial charge is 0.123 e. The molecule has 1 aliphatic heterocycles. The zero-order chi connectivity index (χ0) is 13.2. The van der Waals surface area contributed by atoms with Gasteiger partial charge in [0.15, 0.2) is 0 Å². The SMILES string of the molecule is C[C@@H](NCC1Cc2cc(Cl)ccc2O1)C1CCCC1. The van der Waals surface area contributed by atoms with Crippen LogP contribution in [-0.4, -0.2) is 18.7 Å². The van der Waals surface area contributed by atoms with Crippen molar-refractivity contribution < 1.29 is 4.74 Å². The fourth-order valence-electron chi connectivity index (χ4n) is 3.34. The Hall–Kier alpha value is -0.730. The molecule has 3 heteroatoms. The van der Waals surface area contributed by atoms with Crippen LogP contribution in [0, 0.1) is 5.92 Å². The molecule has 2 aliphatic rings. The first-order valence-corrected chi connectivity index (χ1v) is 7.78. The van der Waals surface area contributed by atoms with E-state index in [-0.39, 0.29) is 6.10 Å². The maximum absolute atomic E-state index is 6.01. The highest BCUT2D eigenvalue weighted by molar-refractivity contribution is 6.30. The molecule has 0 aromatic heterocycles. The summed E-state index contributed by atoms with van der Waals surface area (Å²) in [4.78, 5) is 0. The maximum Gasteiger partial charge on any atom is 0.123 e. The summed E-state index contributed by atoms with van der Waals surface area (Å²) in [5.74, 6) is 1.86. The van der Waals surface area contributed by atoms with Crippen LogP contribution in [0.3, 0.4) is 0 Å². The van der Waals surface area contributed by atoms with E-state index in [1.165, 1.54) is 31.2 Å². The van der Waals surface area contributed by atoms with Gasteiger partial charge in [-0.1, -0.05) is 24.4 Å². The van der Waals surface area contributed by atoms with Gasteiger partial charge in [-0.15, -0.1) is 0 Å². The van der Waals surface area contributed by atoms with Gasteiger partial charge in [0.25, 0.3) is 0 Å². The van der Waals surface area contributed by atoms with E-state index in [0.717, 1.165) is 29.7 Å². The van der Waals surface area contributed by atoms with Crippen molar-refractivity contribution in [3.63, 3.8) is 0 Å². The highest BCUT2D eigenvalue weighted by Gasteiger charge is 2.25. The molecule has 1 fully saturated rings. The van der Waals surface area contributed by atoms with Gasteiger partial charge in [-0.3, -0.25) is 0 Å². The van der Waals surface area contributed by atoms with Gasteiger partial charge in [0, 0.05) is 24.0 Å². The summed E-state index contributed by atoms with van der Waals surface area (Å²) in [6.07, 6.45) is 6.81. The highest BCUT2D eigenvalue weighted by atomic mass is 35.5. The van der Waals surface area contributed by atoms with E-state index in [4.69, 9.17) is 16.3 Å². The number of hydrogen-bond acceptors (Lipinski definition) is 2. The summed E-state index contributed by atoms with van der Waals surface area (Å²) >= 11 is 6.01. The minimum Gasteiger partial charge on any atom is -0.488 e. The van der Waals surface area contributed by atoms with Crippen LogP contribution >= 0.6 is 11.6 Å². The Morgan fingerprint density at radius 2 is 2.16 bits per heavy atom. The minimum absolute atomic E-state index is 0.261. The predicted molar refractivity (Wildman–Crippen MR) is 79.0 cm³/mol. The average molecular weight is 280 g/mol. The fraction of sp³-hybridized carbons (Fsp3) is 0.625. The normalized spacial score (nSPS) is 24.2. The fourth-order valence-corrected chi connectivity index (χ4v) is 3.54. The highest BCUT2D eigenvalue weighted by Crippen LogP contribution is 2.31. The van der Waals surface area contributed by atoms with Crippen molar-refractivity contribution in [3.05, 3.63) is 28.8 Å². The van der Waals surface area contributed by atoms with Gasteiger partial charge in [-0.2, -0.15) is 0 Å². The van der Waals surface area contributed by atoms with Crippen molar-refractivity contribution in [1.82, 2.24) is 5.32 Å². The number of rotatable bonds is 4. The maximum atomic E-state index is 6.01. The second-order valence-corrected chi connectivity index (χ2v) is 6.37. The molecule has 3 rings (SSSR count). The zero-order valence-electron chi connectivity index (χ0n) is 11.5. The first kappa shape index (κ1) is 13.3. The molecule has 2 nitrogen and oxygen atoms in total. The molecule has 0 bridgehead atoms. The standard InChI is InChI=1S/C16H22ClNO/c1-11(12-4-2-3-5-12)18-10-15-9-13-8-14(17)6-7-16(13)19-15/h6-8,11-12,15,18H,2-5,9-10H2,1H3/t11-,15?/m1/s1. The van der Waals surface area contributed by atoms with Gasteiger partial charge >= 0.3 is 0 Å². The number of halogens is 1. The molecule has 1 unspecified atom stereocenters. The Morgan fingerprint density at radius 3 is 2.95 bits per heavy atom. The van der Waals surface area contributed by atoms with Crippen LogP contribution in [0.15, 0.2) is 18.2 Å². The lowest BCUT2D eigenvalue weighted by atomic mass is 9.99. The summed E-state index contributed by atoms with van der Waals surface area (Å²) < 4.78 is 5.95. The third kappa shape index (κ3) is 3.06. The lowest BCUT2D eigenvalue weighted by Crippen LogP contribution is -2.39. The summed E-state index contributed by atoms with van der Waals surface area (Å²) in [5, 5.41) is 4.46. The molecule has 0 radical (unpaired) electrons. The first-order valence-electron chi connectivity index (χ1n) is 7.41. The van der Waals surface area contributed by atoms with Gasteiger partial charge in [0.2, 0.25) is 0 Å². The minimum atomic E-state index is 0.261. The number of ether oxygens (including phenoxy) is 1. The average Bonchev–Trinajstić information content (AvgIpc) is 3.04. The van der Waals surface area contributed by atoms with E-state index in [1.807, 2.05) is 18.2 Å². The number of hydrogen-bond donors (Lipinski definition) is 1. The van der Waals surface area contributed by atoms with E-state index < -0.39 is 0 Å². The van der Waals surface area contributed by atoms with Crippen LogP contribution in [0.5, 0.6) is 5.75 Å². The molecule has 1 N–H and O–H groups in total. The van der Waals surface area contributed by atoms with Crippen molar-refractivity contribution in [3.8, 4) is 5.75 Å². The second kappa shape index (κ2) is 5.72. The van der Waals surface area contributed by atoms with E-state index in [2.05, 4.69) is 12.2 Å². The zero-order valence-corrected chi connectivity index (χ0v) is 12.2. The monoisotopic (exact) mass is 279 g/mol. The molecule has 104 valence electrons. The Morgan fingerprint density at radius 1 is 1.37 bits per heavy atom. The topological polar surface area (TPSA) is 21.3 Å². The first-order chi connectivity index (χ1) is 9.22. The molecule has 2 atom stereocenters. The van der Waals surface area contributed by atoms with Crippen LogP contribution in [-0.2, 0) is 6.42 Å². The van der Waals surface area contributed by atoms with Crippen molar-refractivity contribution in [2.75, 3.05) is 6.54 Å². The number of nitrogens with one attached hydrogen (secondary N) is 1. The summed E-state index contributed by atoms with van der Waals surface area (Å²) in [6, 6.07) is 6.52. The lowest BCUT2D eigenvalue weighted by molar-refractivity contribution is 0.214. The van der Waals surface area contributed by atoms with Gasteiger partial charge in [0.05, 0.1) is 0 Å². The van der Waals surface area contributed by atoms with Gasteiger partial charge in [-0.25, -0.2) is 0 Å². The molecule has 1 heterocycles. The van der Waals surface area contributed by atoms with E-state index in [0.29, 0.717) is 6.04 Å². The molecule has 0 spiro atoms. The largest absolute Gasteiger partial charge is 0.488 e. The lowest BCUT2D eigenvalue weighted by Gasteiger charge is -2.22. The van der Waals surface area contributed by atoms with Crippen molar-refractivity contribution >= 4 is 11.6 Å². The predicted octanol–water partition coefficient (Wildman–Crippen LogP) is 3.81. The Kier molecular flexibility index (Phi) is 3.99. The van der Waals surface area contributed by atoms with Gasteiger partial charge in [-0.05, 0) is 49.4 Å². The van der Waals surface area contributed by atoms with Crippen LogP contribution < -0.4 is 10.1 Å². The third-order valence-corrected chi connectivity index (χ3v) is 4.77. The molecular weight excluding hydrogens is 258 g/mol. The molecule has 0 saturated heterocycles. The van der Waals surface area contributed by atoms with Crippen molar-refractivity contribution in [2.24, 2.45) is 5.92 Å². The Labute approximate surface area is 120 Å². The molecule has 1 aromatic rings. The number of fused-ring (bicyclic) bond motifs is 1. The molecule has 19 heavy (non-hydrogen) atoms. The van der Waals surface area contributed by atoms with Gasteiger partial charge in [0.1, 0.15) is 11.9 Å². The third-order valence-electron chi connectivity index (χ3n) is 4.54. The summed E-state index contributed by atoms with van der Waals surface area (Å²) in [5.41, 5.74) is 1.24. The van der Waals surface area contributed by atoms with Crippen LogP contribution in [0.4, 0.5) is 0 Å². The molecule has 1 aromatic carbocycles. The second-order valence-electron chi connectivity index (χ2n) is 5.94. The van der Waals surface area contributed by atoms with E-state index in [1.54, 1.807) is 0 Å². The quantitative estimate of drug-likeness (QED) is 0.905. The van der Waals surface area contributed by atoms with Crippen molar-refractivity contribution in [1.29, 1.82) is 0 Å². The van der Waals surface area contributed by atoms with Crippen LogP contribution in [0.2, 0.25) is 5.02 Å². The van der Waals surface area contributed by atoms with Crippen molar-refractivity contribution in [2.45, 2.75) is 51.2 Å². The summed E-state index contributed by atoms with van der Waals surface area (Å²) in [6.45, 7) is 3.25. The van der Waals surface area contributed by atoms with Crippen LogP contribution in [0.25, 0.3) is 0 Å². The Bertz CT molecular complexity index is 442. The molecule has 0 amide bonds. The Balaban J connectivity index is 1.50. The van der Waals surface area contributed by atoms with E-state index >= 15 is 0 Å². The van der Waals surface area contributed by atoms with E-state index in [9.17, 15) is 0 Å².